The van der Waals surface area contributed by atoms with Crippen molar-refractivity contribution < 1.29 is 4.79 Å². The Bertz CT molecular complexity index is 472. The first-order valence-corrected chi connectivity index (χ1v) is 8.07. The van der Waals surface area contributed by atoms with Crippen LogP contribution in [0.2, 0.25) is 10.0 Å². The fourth-order valence-corrected chi connectivity index (χ4v) is 2.80. The van der Waals surface area contributed by atoms with Gasteiger partial charge in [-0.1, -0.05) is 36.2 Å². The van der Waals surface area contributed by atoms with Crippen LogP contribution >= 0.6 is 23.2 Å². The summed E-state index contributed by atoms with van der Waals surface area (Å²) < 4.78 is 0. The molecule has 1 aliphatic carbocycles. The smallest absolute Gasteiger partial charge is 0.165 e. The molecule has 0 amide bonds. The molecule has 1 fully saturated rings. The van der Waals surface area contributed by atoms with Gasteiger partial charge >= 0.3 is 0 Å². The zero-order valence-corrected chi connectivity index (χ0v) is 13.4. The molecule has 0 spiro atoms. The second kappa shape index (κ2) is 7.44. The minimum atomic E-state index is 0.0781. The van der Waals surface area contributed by atoms with E-state index in [9.17, 15) is 4.79 Å². The number of Topliss-reactive ketones (excluding diaryl/α,β-unsaturated/α-hetero) is 1. The van der Waals surface area contributed by atoms with Gasteiger partial charge in [0.05, 0.1) is 10.0 Å². The highest BCUT2D eigenvalue weighted by Gasteiger charge is 2.24. The Hall–Kier alpha value is -0.570. The van der Waals surface area contributed by atoms with Gasteiger partial charge < -0.3 is 4.90 Å². The van der Waals surface area contributed by atoms with Gasteiger partial charge in [-0.3, -0.25) is 4.79 Å². The molecule has 0 saturated heterocycles. The van der Waals surface area contributed by atoms with E-state index in [-0.39, 0.29) is 5.78 Å². The summed E-state index contributed by atoms with van der Waals surface area (Å²) in [5.74, 6) is 0.931. The summed E-state index contributed by atoms with van der Waals surface area (Å²) in [6.07, 6.45) is 4.31. The Kier molecular flexibility index (Phi) is 5.88. The molecule has 1 aromatic carbocycles. The Balaban J connectivity index is 1.90. The second-order valence-corrected chi connectivity index (χ2v) is 6.30. The summed E-state index contributed by atoms with van der Waals surface area (Å²) in [5, 5.41) is 0.823. The molecule has 0 atom stereocenters. The zero-order valence-electron chi connectivity index (χ0n) is 11.9. The first-order chi connectivity index (χ1) is 9.61. The normalized spacial score (nSPS) is 14.8. The maximum Gasteiger partial charge on any atom is 0.165 e. The summed E-state index contributed by atoms with van der Waals surface area (Å²) in [7, 11) is 0. The molecule has 0 bridgehead atoms. The maximum atomic E-state index is 12.3. The highest BCUT2D eigenvalue weighted by molar-refractivity contribution is 6.43. The molecular weight excluding hydrogens is 293 g/mol. The average Bonchev–Trinajstić information content (AvgIpc) is 3.23. The Morgan fingerprint density at radius 3 is 2.70 bits per heavy atom. The molecule has 1 aliphatic rings. The van der Waals surface area contributed by atoms with E-state index in [0.717, 1.165) is 32.0 Å². The molecule has 0 unspecified atom stereocenters. The van der Waals surface area contributed by atoms with Gasteiger partial charge in [0.15, 0.2) is 5.78 Å². The highest BCUT2D eigenvalue weighted by Crippen LogP contribution is 2.30. The van der Waals surface area contributed by atoms with Gasteiger partial charge in [-0.05, 0) is 43.9 Å². The topological polar surface area (TPSA) is 20.3 Å². The molecule has 0 aromatic heterocycles. The van der Waals surface area contributed by atoms with Crippen LogP contribution in [-0.2, 0) is 0 Å². The van der Waals surface area contributed by atoms with Crippen molar-refractivity contribution in [3.8, 4) is 0 Å². The summed E-state index contributed by atoms with van der Waals surface area (Å²) in [4.78, 5) is 14.7. The molecule has 0 aliphatic heterocycles. The summed E-state index contributed by atoms with van der Waals surface area (Å²) in [5.41, 5.74) is 0.544. The summed E-state index contributed by atoms with van der Waals surface area (Å²) in [6, 6.07) is 5.23. The van der Waals surface area contributed by atoms with Crippen molar-refractivity contribution in [2.75, 3.05) is 19.6 Å². The lowest BCUT2D eigenvalue weighted by molar-refractivity contribution is 0.0963. The third-order valence-electron chi connectivity index (χ3n) is 3.66. The third-order valence-corrected chi connectivity index (χ3v) is 4.48. The van der Waals surface area contributed by atoms with E-state index in [2.05, 4.69) is 11.8 Å². The van der Waals surface area contributed by atoms with Crippen LogP contribution in [0.4, 0.5) is 0 Å². The number of carbonyl (C=O) groups is 1. The maximum absolute atomic E-state index is 12.3. The molecule has 2 nitrogen and oxygen atoms in total. The fraction of sp³-hybridized carbons (Fsp3) is 0.562. The number of hydrogen-bond donors (Lipinski definition) is 0. The SMILES string of the molecule is CCCN(CCC(=O)c1cccc(Cl)c1Cl)CC1CC1. The Morgan fingerprint density at radius 1 is 1.30 bits per heavy atom. The second-order valence-electron chi connectivity index (χ2n) is 5.52. The van der Waals surface area contributed by atoms with Gasteiger partial charge in [-0.15, -0.1) is 0 Å². The molecular formula is C16H21Cl2NO. The van der Waals surface area contributed by atoms with Gasteiger partial charge in [-0.2, -0.15) is 0 Å². The zero-order chi connectivity index (χ0) is 14.5. The number of halogens is 2. The van der Waals surface area contributed by atoms with E-state index < -0.39 is 0 Å². The van der Waals surface area contributed by atoms with E-state index in [1.54, 1.807) is 18.2 Å². The lowest BCUT2D eigenvalue weighted by atomic mass is 10.1. The molecule has 0 heterocycles. The number of ketones is 1. The van der Waals surface area contributed by atoms with E-state index in [4.69, 9.17) is 23.2 Å². The van der Waals surface area contributed by atoms with Crippen molar-refractivity contribution in [2.24, 2.45) is 5.92 Å². The van der Waals surface area contributed by atoms with Crippen molar-refractivity contribution in [1.82, 2.24) is 4.90 Å². The first kappa shape index (κ1) is 15.8. The van der Waals surface area contributed by atoms with Crippen molar-refractivity contribution in [3.05, 3.63) is 33.8 Å². The third kappa shape index (κ3) is 4.47. The van der Waals surface area contributed by atoms with Crippen LogP contribution < -0.4 is 0 Å². The number of rotatable bonds is 8. The predicted molar refractivity (Wildman–Crippen MR) is 84.9 cm³/mol. The number of nitrogens with zero attached hydrogens (tertiary/aromatic N) is 1. The van der Waals surface area contributed by atoms with Crippen molar-refractivity contribution in [2.45, 2.75) is 32.6 Å². The first-order valence-electron chi connectivity index (χ1n) is 7.31. The van der Waals surface area contributed by atoms with Gasteiger partial charge in [0.2, 0.25) is 0 Å². The molecule has 20 heavy (non-hydrogen) atoms. The van der Waals surface area contributed by atoms with E-state index in [1.807, 2.05) is 0 Å². The molecule has 1 aromatic rings. The van der Waals surface area contributed by atoms with Crippen molar-refractivity contribution >= 4 is 29.0 Å². The monoisotopic (exact) mass is 313 g/mol. The quantitative estimate of drug-likeness (QED) is 0.649. The van der Waals surface area contributed by atoms with Gasteiger partial charge in [0.25, 0.3) is 0 Å². The molecule has 0 radical (unpaired) electrons. The van der Waals surface area contributed by atoms with Crippen LogP contribution in [-0.4, -0.2) is 30.3 Å². The van der Waals surface area contributed by atoms with E-state index in [0.29, 0.717) is 22.0 Å². The molecule has 110 valence electrons. The number of benzene rings is 1. The molecule has 2 rings (SSSR count). The van der Waals surface area contributed by atoms with Gasteiger partial charge in [0, 0.05) is 25.1 Å². The van der Waals surface area contributed by atoms with E-state index >= 15 is 0 Å². The van der Waals surface area contributed by atoms with Crippen LogP contribution in [0, 0.1) is 5.92 Å². The van der Waals surface area contributed by atoms with Crippen LogP contribution in [0.25, 0.3) is 0 Å². The number of carbonyl (C=O) groups excluding carboxylic acids is 1. The average molecular weight is 314 g/mol. The molecule has 0 N–H and O–H groups in total. The highest BCUT2D eigenvalue weighted by atomic mass is 35.5. The van der Waals surface area contributed by atoms with Crippen LogP contribution in [0.1, 0.15) is 43.0 Å². The van der Waals surface area contributed by atoms with E-state index in [1.165, 1.54) is 12.8 Å². The Labute approximate surface area is 131 Å². The van der Waals surface area contributed by atoms with Crippen LogP contribution in [0.5, 0.6) is 0 Å². The summed E-state index contributed by atoms with van der Waals surface area (Å²) in [6.45, 7) is 5.18. The fourth-order valence-electron chi connectivity index (χ4n) is 2.39. The predicted octanol–water partition coefficient (Wildman–Crippen LogP) is 4.69. The van der Waals surface area contributed by atoms with Crippen molar-refractivity contribution in [1.29, 1.82) is 0 Å². The van der Waals surface area contributed by atoms with Gasteiger partial charge in [0.1, 0.15) is 0 Å². The van der Waals surface area contributed by atoms with Crippen molar-refractivity contribution in [3.63, 3.8) is 0 Å². The van der Waals surface area contributed by atoms with Crippen LogP contribution in [0.15, 0.2) is 18.2 Å². The molecule has 1 saturated carbocycles. The minimum absolute atomic E-state index is 0.0781. The largest absolute Gasteiger partial charge is 0.303 e. The summed E-state index contributed by atoms with van der Waals surface area (Å²) >= 11 is 12.0. The Morgan fingerprint density at radius 2 is 2.05 bits per heavy atom. The lowest BCUT2D eigenvalue weighted by Crippen LogP contribution is -2.29. The standard InChI is InChI=1S/C16H21Cl2NO/c1-2-9-19(11-12-6-7-12)10-8-15(20)13-4-3-5-14(17)16(13)18/h3-5,12H,2,6-11H2,1H3. The number of hydrogen-bond acceptors (Lipinski definition) is 2. The van der Waals surface area contributed by atoms with Gasteiger partial charge in [-0.25, -0.2) is 0 Å². The molecule has 4 heteroatoms. The van der Waals surface area contributed by atoms with Crippen LogP contribution in [0.3, 0.4) is 0 Å². The lowest BCUT2D eigenvalue weighted by Gasteiger charge is -2.21. The minimum Gasteiger partial charge on any atom is -0.303 e.